The Balaban J connectivity index is 0.00000243. The normalized spacial score (nSPS) is 12.1. The van der Waals surface area contributed by atoms with E-state index in [-0.39, 0.29) is 22.9 Å². The van der Waals surface area contributed by atoms with Crippen LogP contribution < -0.4 is 9.88 Å². The van der Waals surface area contributed by atoms with Gasteiger partial charge in [0.1, 0.15) is 5.75 Å². The summed E-state index contributed by atoms with van der Waals surface area (Å²) >= 11 is 6.27. The van der Waals surface area contributed by atoms with E-state index in [0.717, 1.165) is 0 Å². The molecule has 25 heavy (non-hydrogen) atoms. The number of benzene rings is 2. The van der Waals surface area contributed by atoms with Crippen LogP contribution in [-0.4, -0.2) is 25.6 Å². The number of H-pyrrole nitrogens is 1. The number of primary sulfonamides is 1. The van der Waals surface area contributed by atoms with Crippen LogP contribution in [0.2, 0.25) is 5.02 Å². The van der Waals surface area contributed by atoms with Gasteiger partial charge in [-0.1, -0.05) is 11.6 Å². The van der Waals surface area contributed by atoms with Crippen molar-refractivity contribution >= 4 is 43.9 Å². The van der Waals surface area contributed by atoms with Crippen LogP contribution >= 0.6 is 11.6 Å². The van der Waals surface area contributed by atoms with Crippen molar-refractivity contribution in [3.63, 3.8) is 0 Å². The summed E-state index contributed by atoms with van der Waals surface area (Å²) in [7, 11) is -2.30. The second kappa shape index (κ2) is 6.36. The SMILES string of the molecule is COc1ccc2[nH]c(O)c(N=Nc3ccc(S(N)(=O)=O)cc3)c2c1Cl.[HH]. The molecule has 0 unspecified atom stereocenters. The minimum Gasteiger partial charge on any atom is -0.495 e. The molecule has 0 aliphatic heterocycles. The lowest BCUT2D eigenvalue weighted by Gasteiger charge is -2.03. The number of hydrogen-bond donors (Lipinski definition) is 3. The van der Waals surface area contributed by atoms with Gasteiger partial charge in [0.15, 0.2) is 5.69 Å². The maximum Gasteiger partial charge on any atom is 0.238 e. The van der Waals surface area contributed by atoms with Gasteiger partial charge in [-0.3, -0.25) is 0 Å². The standard InChI is InChI=1S/C15H13ClN4O4S.H2/c1-24-11-7-6-10-12(13(11)16)14(15(21)18-10)20-19-8-2-4-9(5-3-8)25(17,22)23;/h2-7,18,21H,1H3,(H2,17,22,23);1H. The van der Waals surface area contributed by atoms with Gasteiger partial charge in [-0.05, 0) is 36.4 Å². The van der Waals surface area contributed by atoms with Crippen LogP contribution in [0.1, 0.15) is 1.43 Å². The number of aromatic nitrogens is 1. The molecular weight excluding hydrogens is 368 g/mol. The number of ether oxygens (including phenoxy) is 1. The number of aromatic amines is 1. The molecule has 0 fully saturated rings. The monoisotopic (exact) mass is 382 g/mol. The van der Waals surface area contributed by atoms with Gasteiger partial charge in [0.25, 0.3) is 0 Å². The maximum absolute atomic E-state index is 11.2. The van der Waals surface area contributed by atoms with E-state index in [1.54, 1.807) is 12.1 Å². The number of nitrogens with two attached hydrogens (primary N) is 1. The molecule has 132 valence electrons. The third-order valence-corrected chi connectivity index (χ3v) is 4.78. The van der Waals surface area contributed by atoms with Gasteiger partial charge in [0, 0.05) is 1.43 Å². The van der Waals surface area contributed by atoms with Crippen molar-refractivity contribution in [3.8, 4) is 11.6 Å². The van der Waals surface area contributed by atoms with Crippen LogP contribution in [0.15, 0.2) is 51.5 Å². The van der Waals surface area contributed by atoms with Crippen LogP contribution in [0.25, 0.3) is 10.9 Å². The average Bonchev–Trinajstić information content (AvgIpc) is 2.89. The highest BCUT2D eigenvalue weighted by molar-refractivity contribution is 7.89. The summed E-state index contributed by atoms with van der Waals surface area (Å²) in [5.74, 6) is 0.234. The Bertz CT molecular complexity index is 1080. The number of fused-ring (bicyclic) bond motifs is 1. The maximum atomic E-state index is 11.2. The molecule has 0 aliphatic carbocycles. The van der Waals surface area contributed by atoms with E-state index < -0.39 is 10.0 Å². The van der Waals surface area contributed by atoms with Gasteiger partial charge < -0.3 is 14.8 Å². The number of methoxy groups -OCH3 is 1. The van der Waals surface area contributed by atoms with E-state index in [4.69, 9.17) is 21.5 Å². The lowest BCUT2D eigenvalue weighted by atomic mass is 10.2. The molecule has 0 bridgehead atoms. The molecule has 1 aromatic heterocycles. The fraction of sp³-hybridized carbons (Fsp3) is 0.0667. The molecule has 1 heterocycles. The van der Waals surface area contributed by atoms with Crippen molar-refractivity contribution in [3.05, 3.63) is 41.4 Å². The van der Waals surface area contributed by atoms with Crippen LogP contribution in [0, 0.1) is 0 Å². The Morgan fingerprint density at radius 3 is 2.48 bits per heavy atom. The summed E-state index contributed by atoms with van der Waals surface area (Å²) in [4.78, 5) is 2.72. The number of halogens is 1. The largest absolute Gasteiger partial charge is 0.495 e. The molecule has 0 radical (unpaired) electrons. The van der Waals surface area contributed by atoms with Crippen molar-refractivity contribution in [1.82, 2.24) is 4.98 Å². The Morgan fingerprint density at radius 1 is 1.20 bits per heavy atom. The Morgan fingerprint density at radius 2 is 1.88 bits per heavy atom. The molecule has 3 aromatic rings. The summed E-state index contributed by atoms with van der Waals surface area (Å²) in [6, 6.07) is 8.87. The van der Waals surface area contributed by atoms with Gasteiger partial charge >= 0.3 is 0 Å². The van der Waals surface area contributed by atoms with Crippen molar-refractivity contribution < 1.29 is 19.7 Å². The minimum absolute atomic E-state index is 0. The summed E-state index contributed by atoms with van der Waals surface area (Å²) in [5, 5.41) is 23.8. The smallest absolute Gasteiger partial charge is 0.238 e. The highest BCUT2D eigenvalue weighted by Crippen LogP contribution is 2.43. The zero-order valence-corrected chi connectivity index (χ0v) is 14.5. The van der Waals surface area contributed by atoms with Crippen LogP contribution in [0.5, 0.6) is 11.6 Å². The van der Waals surface area contributed by atoms with E-state index in [9.17, 15) is 13.5 Å². The number of nitrogens with one attached hydrogen (secondary N) is 1. The molecule has 0 aliphatic rings. The molecule has 0 spiro atoms. The topological polar surface area (TPSA) is 130 Å². The van der Waals surface area contributed by atoms with Crippen molar-refractivity contribution in [2.75, 3.05) is 7.11 Å². The number of hydrogen-bond acceptors (Lipinski definition) is 6. The number of nitrogens with zero attached hydrogens (tertiary/aromatic N) is 2. The lowest BCUT2D eigenvalue weighted by Crippen LogP contribution is -2.11. The molecule has 0 saturated carbocycles. The first kappa shape index (κ1) is 17.2. The van der Waals surface area contributed by atoms with Gasteiger partial charge in [-0.15, -0.1) is 5.11 Å². The first-order valence-corrected chi connectivity index (χ1v) is 8.85. The first-order valence-electron chi connectivity index (χ1n) is 6.93. The van der Waals surface area contributed by atoms with Crippen molar-refractivity contribution in [2.45, 2.75) is 4.90 Å². The molecular formula is C15H15ClN4O4S. The number of azo groups is 1. The highest BCUT2D eigenvalue weighted by atomic mass is 35.5. The fourth-order valence-corrected chi connectivity index (χ4v) is 3.11. The zero-order chi connectivity index (χ0) is 18.2. The molecule has 2 aromatic carbocycles. The number of sulfonamides is 1. The number of rotatable bonds is 4. The van der Waals surface area contributed by atoms with E-state index in [0.29, 0.717) is 22.3 Å². The zero-order valence-electron chi connectivity index (χ0n) is 12.9. The van der Waals surface area contributed by atoms with Crippen LogP contribution in [0.3, 0.4) is 0 Å². The summed E-state index contributed by atoms with van der Waals surface area (Å²) in [6.45, 7) is 0. The van der Waals surface area contributed by atoms with Gasteiger partial charge in [0.2, 0.25) is 15.9 Å². The Labute approximate surface area is 149 Å². The van der Waals surface area contributed by atoms with E-state index in [1.807, 2.05) is 0 Å². The molecule has 0 atom stereocenters. The average molecular weight is 383 g/mol. The van der Waals surface area contributed by atoms with Gasteiger partial charge in [0.05, 0.1) is 33.6 Å². The van der Waals surface area contributed by atoms with E-state index in [2.05, 4.69) is 15.2 Å². The number of aromatic hydroxyl groups is 1. The minimum atomic E-state index is -3.78. The summed E-state index contributed by atoms with van der Waals surface area (Å²) in [6.07, 6.45) is 0. The van der Waals surface area contributed by atoms with Crippen LogP contribution in [-0.2, 0) is 10.0 Å². The lowest BCUT2D eigenvalue weighted by molar-refractivity contribution is 0.415. The molecule has 10 heteroatoms. The summed E-state index contributed by atoms with van der Waals surface area (Å²) < 4.78 is 27.6. The van der Waals surface area contributed by atoms with Crippen molar-refractivity contribution in [1.29, 1.82) is 0 Å². The molecule has 8 nitrogen and oxygen atoms in total. The van der Waals surface area contributed by atoms with Crippen LogP contribution in [0.4, 0.5) is 11.4 Å². The van der Waals surface area contributed by atoms with E-state index in [1.165, 1.54) is 31.4 Å². The Kier molecular flexibility index (Phi) is 4.38. The molecule has 4 N–H and O–H groups in total. The molecule has 0 amide bonds. The van der Waals surface area contributed by atoms with Gasteiger partial charge in [-0.2, -0.15) is 5.11 Å². The highest BCUT2D eigenvalue weighted by Gasteiger charge is 2.17. The summed E-state index contributed by atoms with van der Waals surface area (Å²) in [5.41, 5.74) is 1.09. The molecule has 3 rings (SSSR count). The first-order chi connectivity index (χ1) is 11.8. The third kappa shape index (κ3) is 3.29. The second-order valence-electron chi connectivity index (χ2n) is 5.07. The fourth-order valence-electron chi connectivity index (χ4n) is 2.26. The molecule has 0 saturated heterocycles. The van der Waals surface area contributed by atoms with Gasteiger partial charge in [-0.25, -0.2) is 13.6 Å². The quantitative estimate of drug-likeness (QED) is 0.591. The predicted molar refractivity (Wildman–Crippen MR) is 95.6 cm³/mol. The third-order valence-electron chi connectivity index (χ3n) is 3.47. The Hall–Kier alpha value is -2.62. The van der Waals surface area contributed by atoms with Crippen molar-refractivity contribution in [2.24, 2.45) is 15.4 Å². The van der Waals surface area contributed by atoms with E-state index >= 15 is 0 Å². The predicted octanol–water partition coefficient (Wildman–Crippen LogP) is 3.84. The second-order valence-corrected chi connectivity index (χ2v) is 7.00.